The molecule has 2 aromatic rings. The summed E-state index contributed by atoms with van der Waals surface area (Å²) in [5.74, 6) is 0. The summed E-state index contributed by atoms with van der Waals surface area (Å²) in [5.41, 5.74) is 0. The molecule has 0 heterocycles. The second-order valence-corrected chi connectivity index (χ2v) is 8.89. The van der Waals surface area contributed by atoms with Gasteiger partial charge in [-0.15, -0.1) is 0 Å². The second kappa shape index (κ2) is 4.86. The summed E-state index contributed by atoms with van der Waals surface area (Å²) >= 11 is 0. The molecule has 17 heavy (non-hydrogen) atoms. The van der Waals surface area contributed by atoms with E-state index in [0.29, 0.717) is 0 Å². The molecular weight excluding hydrogens is 222 g/mol. The van der Waals surface area contributed by atoms with Crippen molar-refractivity contribution in [3.63, 3.8) is 0 Å². The lowest BCUT2D eigenvalue weighted by Crippen LogP contribution is -2.65. The van der Waals surface area contributed by atoms with Gasteiger partial charge in [0.05, 0.1) is 0 Å². The van der Waals surface area contributed by atoms with E-state index < -0.39 is 8.24 Å². The van der Waals surface area contributed by atoms with Gasteiger partial charge in [-0.05, 0) is 31.0 Å². The lowest BCUT2D eigenvalue weighted by atomic mass is 10.4. The normalized spacial score (nSPS) is 11.8. The molecule has 0 N–H and O–H groups in total. The zero-order valence-electron chi connectivity index (χ0n) is 10.7. The fraction of sp³-hybridized carbons (Fsp3) is 0.200. The van der Waals surface area contributed by atoms with Crippen LogP contribution in [0, 0.1) is 0 Å². The van der Waals surface area contributed by atoms with Crippen molar-refractivity contribution in [2.45, 2.75) is 6.55 Å². The first-order chi connectivity index (χ1) is 8.15. The Morgan fingerprint density at radius 1 is 0.706 bits per heavy atom. The molecule has 88 valence electrons. The zero-order valence-corrected chi connectivity index (χ0v) is 11.7. The van der Waals surface area contributed by atoms with Gasteiger partial charge < -0.3 is 4.57 Å². The lowest BCUT2D eigenvalue weighted by Gasteiger charge is -2.35. The highest BCUT2D eigenvalue weighted by molar-refractivity contribution is 6.99. The maximum absolute atomic E-state index is 2.40. The second-order valence-electron chi connectivity index (χ2n) is 4.70. The molecular formula is C15H19NSi. The quantitative estimate of drug-likeness (QED) is 0.742. The molecule has 0 bridgehead atoms. The molecule has 0 aliphatic heterocycles. The standard InChI is InChI=1S/C15H19NSi/c1-16(2)17(3,14-10-6-4-7-11-14)15-12-8-5-9-13-15/h4-13H,1-3H3. The van der Waals surface area contributed by atoms with Crippen molar-refractivity contribution >= 4 is 18.6 Å². The SMILES string of the molecule is CN(C)[Si](C)(c1ccccc1)c1ccccc1. The fourth-order valence-electron chi connectivity index (χ4n) is 2.21. The molecule has 0 saturated heterocycles. The minimum atomic E-state index is -1.75. The van der Waals surface area contributed by atoms with Gasteiger partial charge in [0.1, 0.15) is 0 Å². The van der Waals surface area contributed by atoms with Gasteiger partial charge in [-0.1, -0.05) is 60.7 Å². The largest absolute Gasteiger partial charge is 0.322 e. The Balaban J connectivity index is 2.55. The molecule has 0 radical (unpaired) electrons. The Labute approximate surface area is 105 Å². The van der Waals surface area contributed by atoms with Gasteiger partial charge in [-0.3, -0.25) is 0 Å². The molecule has 0 saturated carbocycles. The van der Waals surface area contributed by atoms with E-state index in [9.17, 15) is 0 Å². The highest BCUT2D eigenvalue weighted by atomic mass is 28.3. The Bertz CT molecular complexity index is 425. The van der Waals surface area contributed by atoms with Crippen molar-refractivity contribution < 1.29 is 0 Å². The number of nitrogens with zero attached hydrogens (tertiary/aromatic N) is 1. The zero-order chi connectivity index (χ0) is 12.3. The topological polar surface area (TPSA) is 3.24 Å². The summed E-state index contributed by atoms with van der Waals surface area (Å²) in [7, 11) is 2.63. The Morgan fingerprint density at radius 2 is 1.06 bits per heavy atom. The highest BCUT2D eigenvalue weighted by Crippen LogP contribution is 2.07. The van der Waals surface area contributed by atoms with Crippen LogP contribution in [0.3, 0.4) is 0 Å². The van der Waals surface area contributed by atoms with E-state index >= 15 is 0 Å². The average molecular weight is 241 g/mol. The summed E-state index contributed by atoms with van der Waals surface area (Å²) in [4.78, 5) is 0. The number of rotatable bonds is 3. The van der Waals surface area contributed by atoms with Crippen molar-refractivity contribution in [2.75, 3.05) is 14.1 Å². The maximum atomic E-state index is 2.40. The molecule has 0 aliphatic rings. The molecule has 0 atom stereocenters. The molecule has 2 heteroatoms. The predicted molar refractivity (Wildman–Crippen MR) is 77.5 cm³/mol. The van der Waals surface area contributed by atoms with Crippen molar-refractivity contribution in [1.29, 1.82) is 0 Å². The molecule has 2 aromatic carbocycles. The summed E-state index contributed by atoms with van der Waals surface area (Å²) in [6.07, 6.45) is 0. The van der Waals surface area contributed by atoms with Crippen molar-refractivity contribution in [2.24, 2.45) is 0 Å². The third kappa shape index (κ3) is 2.19. The van der Waals surface area contributed by atoms with Crippen LogP contribution in [-0.2, 0) is 0 Å². The van der Waals surface area contributed by atoms with Crippen molar-refractivity contribution in [3.8, 4) is 0 Å². The molecule has 0 fully saturated rings. The van der Waals surface area contributed by atoms with Gasteiger partial charge in [0.2, 0.25) is 0 Å². The molecule has 0 aliphatic carbocycles. The van der Waals surface area contributed by atoms with Crippen LogP contribution in [0.4, 0.5) is 0 Å². The maximum Gasteiger partial charge on any atom is 0.189 e. The first-order valence-corrected chi connectivity index (χ1v) is 8.39. The molecule has 1 nitrogen and oxygen atoms in total. The van der Waals surface area contributed by atoms with E-state index in [2.05, 4.69) is 85.9 Å². The van der Waals surface area contributed by atoms with Gasteiger partial charge in [0, 0.05) is 0 Å². The summed E-state index contributed by atoms with van der Waals surface area (Å²) < 4.78 is 2.40. The number of benzene rings is 2. The van der Waals surface area contributed by atoms with Crippen LogP contribution in [0.15, 0.2) is 60.7 Å². The summed E-state index contributed by atoms with van der Waals surface area (Å²) in [6.45, 7) is 2.40. The van der Waals surface area contributed by atoms with Crippen molar-refractivity contribution in [3.05, 3.63) is 60.7 Å². The van der Waals surface area contributed by atoms with Gasteiger partial charge in [-0.25, -0.2) is 0 Å². The van der Waals surface area contributed by atoms with Crippen molar-refractivity contribution in [1.82, 2.24) is 4.57 Å². The minimum absolute atomic E-state index is 1.45. The Morgan fingerprint density at radius 3 is 1.35 bits per heavy atom. The third-order valence-electron chi connectivity index (χ3n) is 3.57. The fourth-order valence-corrected chi connectivity index (χ4v) is 5.26. The monoisotopic (exact) mass is 241 g/mol. The molecule has 2 rings (SSSR count). The number of hydrogen-bond donors (Lipinski definition) is 0. The summed E-state index contributed by atoms with van der Waals surface area (Å²) in [5, 5.41) is 2.91. The smallest absolute Gasteiger partial charge is 0.189 e. The van der Waals surface area contributed by atoms with Crippen LogP contribution in [-0.4, -0.2) is 26.9 Å². The predicted octanol–water partition coefficient (Wildman–Crippen LogP) is 1.94. The van der Waals surface area contributed by atoms with Crippen LogP contribution in [0.1, 0.15) is 0 Å². The number of hydrogen-bond acceptors (Lipinski definition) is 1. The van der Waals surface area contributed by atoms with Crippen LogP contribution in [0.25, 0.3) is 0 Å². The molecule has 0 amide bonds. The minimum Gasteiger partial charge on any atom is -0.322 e. The van der Waals surface area contributed by atoms with E-state index in [1.807, 2.05) is 0 Å². The van der Waals surface area contributed by atoms with Gasteiger partial charge in [0.25, 0.3) is 0 Å². The first kappa shape index (κ1) is 12.1. The van der Waals surface area contributed by atoms with Gasteiger partial charge in [-0.2, -0.15) is 0 Å². The van der Waals surface area contributed by atoms with Gasteiger partial charge >= 0.3 is 0 Å². The van der Waals surface area contributed by atoms with Crippen LogP contribution < -0.4 is 10.4 Å². The van der Waals surface area contributed by atoms with Crippen LogP contribution in [0.5, 0.6) is 0 Å². The first-order valence-electron chi connectivity index (χ1n) is 5.94. The van der Waals surface area contributed by atoms with Crippen LogP contribution >= 0.6 is 0 Å². The van der Waals surface area contributed by atoms with Gasteiger partial charge in [0.15, 0.2) is 8.24 Å². The lowest BCUT2D eigenvalue weighted by molar-refractivity contribution is 0.639. The molecule has 0 unspecified atom stereocenters. The highest BCUT2D eigenvalue weighted by Gasteiger charge is 2.34. The molecule has 0 spiro atoms. The van der Waals surface area contributed by atoms with E-state index in [0.717, 1.165) is 0 Å². The third-order valence-corrected chi connectivity index (χ3v) is 8.27. The van der Waals surface area contributed by atoms with Crippen LogP contribution in [0.2, 0.25) is 6.55 Å². The summed E-state index contributed by atoms with van der Waals surface area (Å²) in [6, 6.07) is 21.7. The Hall–Kier alpha value is -1.38. The average Bonchev–Trinajstić information content (AvgIpc) is 2.39. The molecule has 0 aromatic heterocycles. The van der Waals surface area contributed by atoms with E-state index in [4.69, 9.17) is 0 Å². The van der Waals surface area contributed by atoms with E-state index in [1.54, 1.807) is 0 Å². The van der Waals surface area contributed by atoms with E-state index in [-0.39, 0.29) is 0 Å². The van der Waals surface area contributed by atoms with E-state index in [1.165, 1.54) is 10.4 Å². The Kier molecular flexibility index (Phi) is 3.45.